The number of nitrogens with zero attached hydrogens (tertiary/aromatic N) is 3. The van der Waals surface area contributed by atoms with Gasteiger partial charge < -0.3 is 19.5 Å². The lowest BCUT2D eigenvalue weighted by Gasteiger charge is -2.33. The summed E-state index contributed by atoms with van der Waals surface area (Å²) >= 11 is 0. The molecule has 3 aliphatic rings. The third-order valence-electron chi connectivity index (χ3n) is 5.85. The van der Waals surface area contributed by atoms with Crippen molar-refractivity contribution in [2.24, 2.45) is 7.05 Å². The largest absolute Gasteiger partial charge is 0.490 e. The highest BCUT2D eigenvalue weighted by atomic mass is 16.5. The van der Waals surface area contributed by atoms with Gasteiger partial charge in [0.05, 0.1) is 31.6 Å². The van der Waals surface area contributed by atoms with Crippen molar-refractivity contribution in [2.75, 3.05) is 39.5 Å². The fourth-order valence-electron chi connectivity index (χ4n) is 4.23. The molecule has 2 fully saturated rings. The third kappa shape index (κ3) is 4.42. The van der Waals surface area contributed by atoms with Crippen LogP contribution in [0.2, 0.25) is 0 Å². The molecule has 1 saturated carbocycles. The summed E-state index contributed by atoms with van der Waals surface area (Å²) in [4.78, 5) is 2.59. The number of hydrogen-bond acceptors (Lipinski definition) is 6. The summed E-state index contributed by atoms with van der Waals surface area (Å²) in [6.07, 6.45) is 5.97. The van der Waals surface area contributed by atoms with Gasteiger partial charge in [-0.1, -0.05) is 0 Å². The van der Waals surface area contributed by atoms with Crippen molar-refractivity contribution in [2.45, 2.75) is 38.0 Å². The lowest BCUT2D eigenvalue weighted by molar-refractivity contribution is -0.0301. The molecule has 3 heterocycles. The minimum atomic E-state index is 0.266. The van der Waals surface area contributed by atoms with Crippen LogP contribution in [0.1, 0.15) is 24.8 Å². The van der Waals surface area contributed by atoms with Crippen molar-refractivity contribution >= 4 is 0 Å². The number of benzene rings is 1. The molecule has 29 heavy (non-hydrogen) atoms. The van der Waals surface area contributed by atoms with E-state index in [0.29, 0.717) is 13.2 Å². The van der Waals surface area contributed by atoms with E-state index in [0.717, 1.165) is 68.0 Å². The Bertz CT molecular complexity index is 849. The van der Waals surface area contributed by atoms with Gasteiger partial charge in [0.2, 0.25) is 0 Å². The van der Waals surface area contributed by atoms with Gasteiger partial charge >= 0.3 is 0 Å². The molecule has 1 atom stereocenters. The highest BCUT2D eigenvalue weighted by Crippen LogP contribution is 2.34. The quantitative estimate of drug-likeness (QED) is 0.805. The number of ether oxygens (including phenoxy) is 3. The first kappa shape index (κ1) is 18.9. The summed E-state index contributed by atoms with van der Waals surface area (Å²) in [5, 5.41) is 8.29. The Balaban J connectivity index is 1.24. The lowest BCUT2D eigenvalue weighted by Crippen LogP contribution is -2.47. The van der Waals surface area contributed by atoms with Crippen LogP contribution in [-0.4, -0.2) is 66.3 Å². The monoisotopic (exact) mass is 398 g/mol. The maximum absolute atomic E-state index is 5.96. The predicted octanol–water partition coefficient (Wildman–Crippen LogP) is 2.20. The number of rotatable bonds is 6. The van der Waals surface area contributed by atoms with E-state index in [-0.39, 0.29) is 6.10 Å². The molecular formula is C22H30N4O3. The molecule has 2 aromatic rings. The number of fused-ring (bicyclic) bond motifs is 1. The topological polar surface area (TPSA) is 60.8 Å². The van der Waals surface area contributed by atoms with E-state index in [9.17, 15) is 0 Å². The third-order valence-corrected chi connectivity index (χ3v) is 5.85. The van der Waals surface area contributed by atoms with Crippen LogP contribution in [0, 0.1) is 0 Å². The summed E-state index contributed by atoms with van der Waals surface area (Å²) in [5.41, 5.74) is 3.22. The second-order valence-electron chi connectivity index (χ2n) is 8.24. The van der Waals surface area contributed by atoms with Crippen molar-refractivity contribution < 1.29 is 14.2 Å². The molecule has 1 aliphatic carbocycles. The van der Waals surface area contributed by atoms with E-state index in [1.165, 1.54) is 18.4 Å². The van der Waals surface area contributed by atoms with Crippen molar-refractivity contribution in [3.63, 3.8) is 0 Å². The molecule has 1 aromatic carbocycles. The van der Waals surface area contributed by atoms with Gasteiger partial charge in [0.15, 0.2) is 11.5 Å². The molecule has 5 rings (SSSR count). The van der Waals surface area contributed by atoms with Gasteiger partial charge in [-0.15, -0.1) is 0 Å². The van der Waals surface area contributed by atoms with Crippen LogP contribution in [0.25, 0.3) is 11.3 Å². The molecule has 7 heteroatoms. The number of morpholine rings is 1. The Labute approximate surface area is 171 Å². The van der Waals surface area contributed by atoms with Gasteiger partial charge in [-0.2, -0.15) is 5.10 Å². The van der Waals surface area contributed by atoms with E-state index < -0.39 is 0 Å². The molecule has 0 amide bonds. The van der Waals surface area contributed by atoms with Crippen molar-refractivity contribution in [3.8, 4) is 22.8 Å². The summed E-state index contributed by atoms with van der Waals surface area (Å²) in [6, 6.07) is 6.91. The Morgan fingerprint density at radius 2 is 2.00 bits per heavy atom. The molecule has 0 unspecified atom stereocenters. The van der Waals surface area contributed by atoms with Crippen molar-refractivity contribution in [1.29, 1.82) is 0 Å². The molecule has 2 aliphatic heterocycles. The summed E-state index contributed by atoms with van der Waals surface area (Å²) in [7, 11) is 1.97. The van der Waals surface area contributed by atoms with E-state index in [1.54, 1.807) is 0 Å². The Hall–Kier alpha value is -2.09. The van der Waals surface area contributed by atoms with Crippen LogP contribution in [-0.2, 0) is 18.3 Å². The minimum absolute atomic E-state index is 0.266. The van der Waals surface area contributed by atoms with Crippen LogP contribution in [0.4, 0.5) is 0 Å². The van der Waals surface area contributed by atoms with Crippen molar-refractivity contribution in [3.05, 3.63) is 30.0 Å². The van der Waals surface area contributed by atoms with Gasteiger partial charge in [0.1, 0.15) is 0 Å². The van der Waals surface area contributed by atoms with Crippen LogP contribution in [0.3, 0.4) is 0 Å². The highest BCUT2D eigenvalue weighted by molar-refractivity contribution is 5.66. The Morgan fingerprint density at radius 3 is 2.86 bits per heavy atom. The summed E-state index contributed by atoms with van der Waals surface area (Å²) in [6.45, 7) is 5.98. The van der Waals surface area contributed by atoms with E-state index in [2.05, 4.69) is 22.5 Å². The Morgan fingerprint density at radius 1 is 1.14 bits per heavy atom. The van der Waals surface area contributed by atoms with Gasteiger partial charge in [-0.05, 0) is 31.0 Å². The number of hydrogen-bond donors (Lipinski definition) is 1. The van der Waals surface area contributed by atoms with Crippen LogP contribution in [0.5, 0.6) is 11.5 Å². The molecule has 156 valence electrons. The smallest absolute Gasteiger partial charge is 0.161 e. The van der Waals surface area contributed by atoms with E-state index in [4.69, 9.17) is 19.3 Å². The minimum Gasteiger partial charge on any atom is -0.490 e. The standard InChI is InChI=1S/C22H30N4O3/c1-25-14-17(12-23-13-19-15-26(7-10-27-19)18-4-5-18)22(24-25)16-3-6-20-21(11-16)29-9-2-8-28-20/h3,6,11,14,18-19,23H,2,4-5,7-10,12-13,15H2,1H3/t19-/m1/s1. The van der Waals surface area contributed by atoms with E-state index in [1.807, 2.05) is 23.9 Å². The predicted molar refractivity (Wildman–Crippen MR) is 110 cm³/mol. The zero-order chi connectivity index (χ0) is 19.6. The average Bonchev–Trinajstić information content (AvgIpc) is 3.54. The molecule has 0 spiro atoms. The Kier molecular flexibility index (Phi) is 5.44. The molecule has 7 nitrogen and oxygen atoms in total. The maximum Gasteiger partial charge on any atom is 0.161 e. The van der Waals surface area contributed by atoms with E-state index >= 15 is 0 Å². The van der Waals surface area contributed by atoms with Gasteiger partial charge in [0, 0.05) is 63.0 Å². The molecule has 0 bridgehead atoms. The van der Waals surface area contributed by atoms with Gasteiger partial charge in [0.25, 0.3) is 0 Å². The highest BCUT2D eigenvalue weighted by Gasteiger charge is 2.32. The SMILES string of the molecule is Cn1cc(CNC[C@@H]2CN(C3CC3)CCO2)c(-c2ccc3c(c2)OCCCO3)n1. The van der Waals surface area contributed by atoms with Crippen molar-refractivity contribution in [1.82, 2.24) is 20.0 Å². The lowest BCUT2D eigenvalue weighted by atomic mass is 10.1. The summed E-state index contributed by atoms with van der Waals surface area (Å²) < 4.78 is 19.5. The first-order valence-corrected chi connectivity index (χ1v) is 10.8. The first-order valence-electron chi connectivity index (χ1n) is 10.8. The number of aryl methyl sites for hydroxylation is 1. The first-order chi connectivity index (χ1) is 14.3. The molecule has 1 saturated heterocycles. The molecule has 1 aromatic heterocycles. The van der Waals surface area contributed by atoms with Gasteiger partial charge in [-0.3, -0.25) is 9.58 Å². The second kappa shape index (κ2) is 8.34. The van der Waals surface area contributed by atoms with Gasteiger partial charge in [-0.25, -0.2) is 0 Å². The zero-order valence-corrected chi connectivity index (χ0v) is 17.1. The fraction of sp³-hybridized carbons (Fsp3) is 0.591. The van der Waals surface area contributed by atoms with Crippen LogP contribution >= 0.6 is 0 Å². The average molecular weight is 399 g/mol. The van der Waals surface area contributed by atoms with Crippen LogP contribution in [0.15, 0.2) is 24.4 Å². The number of nitrogens with one attached hydrogen (secondary N) is 1. The van der Waals surface area contributed by atoms with Crippen LogP contribution < -0.4 is 14.8 Å². The maximum atomic E-state index is 5.96. The molecular weight excluding hydrogens is 368 g/mol. The summed E-state index contributed by atoms with van der Waals surface area (Å²) in [5.74, 6) is 1.62. The second-order valence-corrected chi connectivity index (χ2v) is 8.24. The zero-order valence-electron chi connectivity index (χ0n) is 17.1. The molecule has 1 N–H and O–H groups in total. The fourth-order valence-corrected chi connectivity index (χ4v) is 4.23. The normalized spacial score (nSPS) is 22.4. The molecule has 0 radical (unpaired) electrons. The number of aromatic nitrogens is 2.